The number of rotatable bonds is 34. The summed E-state index contributed by atoms with van der Waals surface area (Å²) >= 11 is 0. The standard InChI is InChI=1S/C76H82N3O18P/c1-51(2)79(52(3)4)98(92-43-22-41-77)97-63-45-57(47-91-76(58-31-20-11-21-32-58,59-33-37-61(86-5)38-34-59)60-35-39-62(87-6)40-36-60)64(46-63)65(80)48-88-44-42-78-67(81)50-90-75-70(96-74(85)56-29-18-10-19-30-56)69(95-73(84)55-27-16-9-17-28-55)68(94-72(83)54-25-14-8-15-26-54)66(93-75)49-89-71(82)53-23-12-7-13-24-53/h7-21,23-40,51-52,57,63-64,66,68-70,75H,22,42-50H2,1-6H3,(H,78,81)/t57-,63+,64?,66?,68-,69-,70?,75+,98?/m0/s1. The highest BCUT2D eigenvalue weighted by Crippen LogP contribution is 2.52. The van der Waals surface area contributed by atoms with E-state index in [-0.39, 0.29) is 79.5 Å². The van der Waals surface area contributed by atoms with Crippen molar-refractivity contribution in [2.24, 2.45) is 11.8 Å². The van der Waals surface area contributed by atoms with Crippen LogP contribution >= 0.6 is 8.53 Å². The minimum Gasteiger partial charge on any atom is -0.497 e. The van der Waals surface area contributed by atoms with E-state index in [2.05, 4.69) is 43.8 Å². The van der Waals surface area contributed by atoms with Gasteiger partial charge in [-0.25, -0.2) is 23.8 Å². The van der Waals surface area contributed by atoms with Crippen LogP contribution in [0.3, 0.4) is 0 Å². The van der Waals surface area contributed by atoms with Gasteiger partial charge in [0.25, 0.3) is 8.53 Å². The maximum Gasteiger partial charge on any atom is 0.338 e. The van der Waals surface area contributed by atoms with Crippen LogP contribution in [-0.2, 0) is 62.1 Å². The van der Waals surface area contributed by atoms with Gasteiger partial charge in [-0.05, 0) is 136 Å². The monoisotopic (exact) mass is 1360 g/mol. The third kappa shape index (κ3) is 19.3. The van der Waals surface area contributed by atoms with Crippen LogP contribution in [0.15, 0.2) is 200 Å². The van der Waals surface area contributed by atoms with E-state index in [1.165, 1.54) is 48.5 Å². The van der Waals surface area contributed by atoms with Gasteiger partial charge in [0, 0.05) is 24.5 Å². The number of nitrogens with zero attached hydrogens (tertiary/aromatic N) is 2. The normalized spacial score (nSPS) is 19.4. The van der Waals surface area contributed by atoms with Gasteiger partial charge in [-0.2, -0.15) is 5.26 Å². The Morgan fingerprint density at radius 1 is 0.571 bits per heavy atom. The Morgan fingerprint density at radius 2 is 1.04 bits per heavy atom. The number of Topliss-reactive ketones (excluding diaryl/α,β-unsaturated/α-hetero) is 1. The maximum absolute atomic E-state index is 14.8. The summed E-state index contributed by atoms with van der Waals surface area (Å²) in [5.41, 5.74) is 1.73. The van der Waals surface area contributed by atoms with Crippen LogP contribution in [0.4, 0.5) is 0 Å². The molecule has 9 atom stereocenters. The lowest BCUT2D eigenvalue weighted by Crippen LogP contribution is -2.63. The zero-order valence-electron chi connectivity index (χ0n) is 55.6. The molecule has 4 unspecified atom stereocenters. The van der Waals surface area contributed by atoms with Crippen molar-refractivity contribution in [2.75, 3.05) is 60.4 Å². The van der Waals surface area contributed by atoms with Crippen molar-refractivity contribution in [1.29, 1.82) is 5.26 Å². The summed E-state index contributed by atoms with van der Waals surface area (Å²) in [5.74, 6) is -4.12. The number of amides is 1. The molecule has 1 amide bonds. The summed E-state index contributed by atoms with van der Waals surface area (Å²) in [4.78, 5) is 84.5. The molecule has 514 valence electrons. The maximum atomic E-state index is 14.8. The topological polar surface area (TPSA) is 252 Å². The first-order chi connectivity index (χ1) is 47.6. The van der Waals surface area contributed by atoms with Gasteiger partial charge >= 0.3 is 23.9 Å². The van der Waals surface area contributed by atoms with Gasteiger partial charge in [-0.1, -0.05) is 127 Å². The van der Waals surface area contributed by atoms with Crippen molar-refractivity contribution in [3.05, 3.63) is 239 Å². The smallest absolute Gasteiger partial charge is 0.338 e. The Morgan fingerprint density at radius 3 is 1.53 bits per heavy atom. The molecule has 21 nitrogen and oxygen atoms in total. The Bertz CT molecular complexity index is 3660. The summed E-state index contributed by atoms with van der Waals surface area (Å²) in [7, 11) is 1.53. The molecule has 2 aliphatic rings. The van der Waals surface area contributed by atoms with Crippen LogP contribution in [0.2, 0.25) is 0 Å². The molecule has 1 saturated heterocycles. The quantitative estimate of drug-likeness (QED) is 0.0129. The van der Waals surface area contributed by atoms with E-state index in [0.29, 0.717) is 24.3 Å². The molecule has 1 heterocycles. The molecule has 0 radical (unpaired) electrons. The molecule has 1 aliphatic carbocycles. The molecule has 22 heteroatoms. The third-order valence-electron chi connectivity index (χ3n) is 16.6. The van der Waals surface area contributed by atoms with E-state index in [9.17, 15) is 34.0 Å². The summed E-state index contributed by atoms with van der Waals surface area (Å²) in [5, 5.41) is 12.2. The summed E-state index contributed by atoms with van der Waals surface area (Å²) in [6, 6.07) is 59.3. The summed E-state index contributed by atoms with van der Waals surface area (Å²) < 4.78 is 76.8. The van der Waals surface area contributed by atoms with Gasteiger partial charge in [0.1, 0.15) is 43.0 Å². The fourth-order valence-corrected chi connectivity index (χ4v) is 13.6. The fraction of sp³-hybridized carbons (Fsp3) is 0.355. The largest absolute Gasteiger partial charge is 0.497 e. The van der Waals surface area contributed by atoms with Crippen molar-refractivity contribution >= 4 is 44.1 Å². The number of hydrogen-bond acceptors (Lipinski definition) is 20. The van der Waals surface area contributed by atoms with Crippen molar-refractivity contribution in [1.82, 2.24) is 9.99 Å². The van der Waals surface area contributed by atoms with Gasteiger partial charge in [0.05, 0.1) is 74.9 Å². The van der Waals surface area contributed by atoms with Crippen LogP contribution < -0.4 is 14.8 Å². The molecule has 98 heavy (non-hydrogen) atoms. The molecule has 1 N–H and O–H groups in total. The van der Waals surface area contributed by atoms with Crippen molar-refractivity contribution in [3.63, 3.8) is 0 Å². The second kappa shape index (κ2) is 36.4. The van der Waals surface area contributed by atoms with Gasteiger partial charge in [0.2, 0.25) is 5.91 Å². The number of ketones is 1. The molecular weight excluding hydrogens is 1270 g/mol. The van der Waals surface area contributed by atoms with E-state index in [1.807, 2.05) is 78.9 Å². The fourth-order valence-electron chi connectivity index (χ4n) is 11.9. The SMILES string of the molecule is COc1ccc(C(OC[C@@H]2C[C@@H](OP(OCCC#N)N(C(C)C)C(C)C)CC2C(=O)COCCNC(=O)CO[C@@H]2OC(COC(=O)c3ccccc3)[C@H](OC(=O)c3ccccc3)[C@H](OC(=O)c3ccccc3)C2OC(=O)c2ccccc2)(c2ccccc2)c2ccc(OC)cc2)cc1. The summed E-state index contributed by atoms with van der Waals surface area (Å²) in [6.07, 6.45) is -7.90. The molecule has 1 saturated carbocycles. The lowest BCUT2D eigenvalue weighted by molar-refractivity contribution is -0.296. The molecule has 0 bridgehead atoms. The number of methoxy groups -OCH3 is 2. The van der Waals surface area contributed by atoms with Crippen LogP contribution in [-0.4, -0.2) is 150 Å². The van der Waals surface area contributed by atoms with Gasteiger partial charge in [-0.15, -0.1) is 0 Å². The highest BCUT2D eigenvalue weighted by molar-refractivity contribution is 7.44. The zero-order chi connectivity index (χ0) is 69.4. The number of esters is 4. The first-order valence-electron chi connectivity index (χ1n) is 32.5. The lowest BCUT2D eigenvalue weighted by Gasteiger charge is -2.44. The predicted molar refractivity (Wildman–Crippen MR) is 362 cm³/mol. The van der Waals surface area contributed by atoms with Crippen molar-refractivity contribution in [3.8, 4) is 17.6 Å². The zero-order valence-corrected chi connectivity index (χ0v) is 56.5. The van der Waals surface area contributed by atoms with Crippen LogP contribution in [0.5, 0.6) is 11.5 Å². The number of benzene rings is 7. The average Bonchev–Trinajstić information content (AvgIpc) is 0.836. The first kappa shape index (κ1) is 73.1. The number of carbonyl (C=O) groups is 6. The van der Waals surface area contributed by atoms with E-state index < -0.39 is 106 Å². The van der Waals surface area contributed by atoms with Crippen LogP contribution in [0.25, 0.3) is 0 Å². The number of hydrogen-bond donors (Lipinski definition) is 1. The Balaban J connectivity index is 0.936. The molecule has 7 aromatic carbocycles. The molecule has 1 aliphatic heterocycles. The second-order valence-electron chi connectivity index (χ2n) is 23.8. The van der Waals surface area contributed by atoms with Gasteiger partial charge in [0.15, 0.2) is 30.4 Å². The number of ether oxygens (including phenoxy) is 10. The number of nitriles is 1. The molecule has 9 rings (SSSR count). The molecule has 0 aromatic heterocycles. The molecule has 2 fully saturated rings. The van der Waals surface area contributed by atoms with E-state index in [4.69, 9.17) is 56.4 Å². The Hall–Kier alpha value is -9.20. The van der Waals surface area contributed by atoms with E-state index in [1.54, 1.807) is 87.0 Å². The molecule has 7 aromatic rings. The summed E-state index contributed by atoms with van der Waals surface area (Å²) in [6.45, 7) is 6.58. The molecule has 0 spiro atoms. The number of nitrogens with one attached hydrogen (secondary N) is 1. The Kier molecular flexibility index (Phi) is 27.1. The van der Waals surface area contributed by atoms with Crippen LogP contribution in [0.1, 0.15) is 105 Å². The van der Waals surface area contributed by atoms with Crippen molar-refractivity contribution < 1.29 is 85.2 Å². The first-order valence-corrected chi connectivity index (χ1v) is 33.6. The predicted octanol–water partition coefficient (Wildman–Crippen LogP) is 11.7. The van der Waals surface area contributed by atoms with Crippen molar-refractivity contribution in [2.45, 2.75) is 101 Å². The second-order valence-corrected chi connectivity index (χ2v) is 25.2. The lowest BCUT2D eigenvalue weighted by atomic mass is 9.79. The molecular formula is C76H82N3O18P. The van der Waals surface area contributed by atoms with E-state index >= 15 is 0 Å². The Labute approximate surface area is 572 Å². The minimum absolute atomic E-state index is 0.0236. The van der Waals surface area contributed by atoms with Crippen LogP contribution in [0, 0.1) is 23.2 Å². The number of carbonyl (C=O) groups excluding carboxylic acids is 6. The van der Waals surface area contributed by atoms with E-state index in [0.717, 1.165) is 16.7 Å². The third-order valence-corrected chi connectivity index (χ3v) is 18.8. The highest BCUT2D eigenvalue weighted by atomic mass is 31.2. The average molecular weight is 1360 g/mol. The highest BCUT2D eigenvalue weighted by Gasteiger charge is 2.54. The minimum atomic E-state index is -1.75. The van der Waals surface area contributed by atoms with Gasteiger partial charge in [-0.3, -0.25) is 9.59 Å². The van der Waals surface area contributed by atoms with Gasteiger partial charge < -0.3 is 61.7 Å².